The van der Waals surface area contributed by atoms with Crippen LogP contribution in [-0.2, 0) is 9.59 Å². The summed E-state index contributed by atoms with van der Waals surface area (Å²) >= 11 is 5.79. The quantitative estimate of drug-likeness (QED) is 0.322. The zero-order valence-electron chi connectivity index (χ0n) is 13.3. The molecule has 1 unspecified atom stereocenters. The lowest BCUT2D eigenvalue weighted by molar-refractivity contribution is -0.142. The van der Waals surface area contributed by atoms with Gasteiger partial charge in [0.05, 0.1) is 4.75 Å². The topological polar surface area (TPSA) is 102 Å². The molecule has 4 N–H and O–H groups in total. The second kappa shape index (κ2) is 10.0. The van der Waals surface area contributed by atoms with Gasteiger partial charge in [-0.15, -0.1) is 12.4 Å². The molecule has 0 fully saturated rings. The lowest BCUT2D eigenvalue weighted by atomic mass is 10.0. The highest BCUT2D eigenvalue weighted by molar-refractivity contribution is 8.82. The van der Waals surface area contributed by atoms with Crippen LogP contribution in [0.15, 0.2) is 24.3 Å². The van der Waals surface area contributed by atoms with Crippen LogP contribution in [0.4, 0.5) is 5.69 Å². The number of carboxylic acids is 1. The van der Waals surface area contributed by atoms with Crippen molar-refractivity contribution in [1.82, 2.24) is 5.32 Å². The highest BCUT2D eigenvalue weighted by Gasteiger charge is 2.37. The molecule has 0 saturated carbocycles. The van der Waals surface area contributed by atoms with Crippen LogP contribution < -0.4 is 10.6 Å². The Hall–Kier alpha value is -1.09. The van der Waals surface area contributed by atoms with Crippen LogP contribution in [0.1, 0.15) is 20.8 Å². The average Bonchev–Trinajstić information content (AvgIpc) is 2.45. The highest BCUT2D eigenvalue weighted by atomic mass is 35.5. The molecule has 0 aliphatic carbocycles. The van der Waals surface area contributed by atoms with Gasteiger partial charge in [0.25, 0.3) is 0 Å². The van der Waals surface area contributed by atoms with Crippen molar-refractivity contribution < 1.29 is 14.7 Å². The zero-order valence-corrected chi connectivity index (χ0v) is 16.5. The second-order valence-corrected chi connectivity index (χ2v) is 8.43. The number of carboxylic acid groups (broad SMARTS) is 1. The van der Waals surface area contributed by atoms with Gasteiger partial charge in [-0.1, -0.05) is 22.4 Å². The van der Waals surface area contributed by atoms with Crippen molar-refractivity contribution in [2.45, 2.75) is 31.6 Å². The Balaban J connectivity index is 0.00000529. The van der Waals surface area contributed by atoms with E-state index in [2.05, 4.69) is 10.6 Å². The summed E-state index contributed by atoms with van der Waals surface area (Å²) in [6.07, 6.45) is 0. The fourth-order valence-electron chi connectivity index (χ4n) is 1.62. The Labute approximate surface area is 159 Å². The Morgan fingerprint density at radius 1 is 1.29 bits per heavy atom. The molecule has 1 amide bonds. The number of amidine groups is 1. The molecular weight excluding hydrogens is 393 g/mol. The molecule has 0 radical (unpaired) electrons. The van der Waals surface area contributed by atoms with Crippen molar-refractivity contribution in [3.05, 3.63) is 29.3 Å². The number of rotatable bonds is 6. The van der Waals surface area contributed by atoms with Crippen molar-refractivity contribution in [3.8, 4) is 0 Å². The number of amides is 1. The van der Waals surface area contributed by atoms with Gasteiger partial charge in [-0.25, -0.2) is 4.79 Å². The molecule has 0 aliphatic rings. The van der Waals surface area contributed by atoms with Gasteiger partial charge in [0, 0.05) is 17.6 Å². The number of hydrogen-bond acceptors (Lipinski definition) is 5. The van der Waals surface area contributed by atoms with Gasteiger partial charge >= 0.3 is 5.97 Å². The minimum absolute atomic E-state index is 0. The van der Waals surface area contributed by atoms with Gasteiger partial charge in [-0.3, -0.25) is 10.2 Å². The number of anilines is 1. The predicted molar refractivity (Wildman–Crippen MR) is 105 cm³/mol. The Morgan fingerprint density at radius 2 is 1.83 bits per heavy atom. The molecule has 0 aliphatic heterocycles. The van der Waals surface area contributed by atoms with Crippen molar-refractivity contribution in [2.75, 3.05) is 5.32 Å². The third-order valence-corrected chi connectivity index (χ3v) is 6.04. The van der Waals surface area contributed by atoms with Gasteiger partial charge in [0.2, 0.25) is 5.91 Å². The molecule has 1 aromatic carbocycles. The summed E-state index contributed by atoms with van der Waals surface area (Å²) in [6, 6.07) is 5.84. The van der Waals surface area contributed by atoms with Crippen LogP contribution in [0.25, 0.3) is 0 Å². The summed E-state index contributed by atoms with van der Waals surface area (Å²) in [4.78, 5) is 22.5. The van der Waals surface area contributed by atoms with E-state index in [1.165, 1.54) is 17.7 Å². The summed E-state index contributed by atoms with van der Waals surface area (Å²) in [7, 11) is 2.29. The van der Waals surface area contributed by atoms with Gasteiger partial charge < -0.3 is 15.7 Å². The van der Waals surface area contributed by atoms with Gasteiger partial charge in [0.1, 0.15) is 6.04 Å². The third-order valence-electron chi connectivity index (χ3n) is 2.73. The SMILES string of the molecule is CC(=O)NC(C(=O)O)C(C)(C)SSC(=N)Nc1ccc(Cl)cc1.Cl. The van der Waals surface area contributed by atoms with E-state index in [0.29, 0.717) is 10.7 Å². The van der Waals surface area contributed by atoms with Crippen LogP contribution in [0.2, 0.25) is 5.02 Å². The molecule has 0 heterocycles. The van der Waals surface area contributed by atoms with Crippen LogP contribution in [-0.4, -0.2) is 32.9 Å². The number of halogens is 2. The normalized spacial score (nSPS) is 11.8. The lowest BCUT2D eigenvalue weighted by Gasteiger charge is -2.30. The molecule has 1 atom stereocenters. The molecule has 1 aromatic rings. The van der Waals surface area contributed by atoms with Crippen molar-refractivity contribution in [1.29, 1.82) is 5.41 Å². The molecule has 1 rings (SSSR count). The summed E-state index contributed by atoms with van der Waals surface area (Å²) < 4.78 is -0.809. The molecule has 10 heteroatoms. The van der Waals surface area contributed by atoms with E-state index in [-0.39, 0.29) is 17.6 Å². The maximum absolute atomic E-state index is 11.3. The summed E-state index contributed by atoms with van der Waals surface area (Å²) in [5.74, 6) is -1.53. The minimum Gasteiger partial charge on any atom is -0.480 e. The van der Waals surface area contributed by atoms with E-state index in [1.807, 2.05) is 0 Å². The highest BCUT2D eigenvalue weighted by Crippen LogP contribution is 2.39. The van der Waals surface area contributed by atoms with Crippen molar-refractivity contribution in [3.63, 3.8) is 0 Å². The number of carbonyl (C=O) groups excluding carboxylic acids is 1. The van der Waals surface area contributed by atoms with Crippen LogP contribution in [0.5, 0.6) is 0 Å². The maximum Gasteiger partial charge on any atom is 0.327 e. The van der Waals surface area contributed by atoms with E-state index >= 15 is 0 Å². The van der Waals surface area contributed by atoms with Crippen LogP contribution in [0, 0.1) is 5.41 Å². The van der Waals surface area contributed by atoms with E-state index in [9.17, 15) is 14.7 Å². The molecular formula is C14H19Cl2N3O3S2. The Bertz CT molecular complexity index is 597. The second-order valence-electron chi connectivity index (χ2n) is 5.20. The number of nitrogens with one attached hydrogen (secondary N) is 3. The fourth-order valence-corrected chi connectivity index (χ4v) is 3.77. The number of aliphatic carboxylic acids is 1. The molecule has 24 heavy (non-hydrogen) atoms. The van der Waals surface area contributed by atoms with Gasteiger partial charge in [-0.05, 0) is 48.9 Å². The first-order valence-corrected chi connectivity index (χ1v) is 9.11. The van der Waals surface area contributed by atoms with Gasteiger partial charge in [-0.2, -0.15) is 0 Å². The molecule has 0 bridgehead atoms. The largest absolute Gasteiger partial charge is 0.480 e. The smallest absolute Gasteiger partial charge is 0.327 e. The Kier molecular flexibility index (Phi) is 9.57. The van der Waals surface area contributed by atoms with E-state index in [1.54, 1.807) is 38.1 Å². The molecule has 0 saturated heterocycles. The van der Waals surface area contributed by atoms with E-state index in [4.69, 9.17) is 17.0 Å². The first-order valence-electron chi connectivity index (χ1n) is 6.58. The lowest BCUT2D eigenvalue weighted by Crippen LogP contribution is -2.51. The summed E-state index contributed by atoms with van der Waals surface area (Å²) in [6.45, 7) is 4.68. The van der Waals surface area contributed by atoms with E-state index in [0.717, 1.165) is 10.8 Å². The molecule has 6 nitrogen and oxygen atoms in total. The molecule has 134 valence electrons. The standard InChI is InChI=1S/C14H18ClN3O3S2.ClH/c1-8(19)17-11(12(20)21)14(2,3)23-22-13(16)18-10-6-4-9(15)5-7-10;/h4-7,11H,1-3H3,(H2,16,18)(H,17,19)(H,20,21);1H. The molecule has 0 spiro atoms. The van der Waals surface area contributed by atoms with E-state index < -0.39 is 22.7 Å². The first-order chi connectivity index (χ1) is 10.6. The van der Waals surface area contributed by atoms with Crippen LogP contribution >= 0.6 is 45.6 Å². The number of hydrogen-bond donors (Lipinski definition) is 4. The third kappa shape index (κ3) is 7.65. The minimum atomic E-state index is -1.12. The van der Waals surface area contributed by atoms with Crippen molar-refractivity contribution >= 4 is 68.3 Å². The van der Waals surface area contributed by atoms with Crippen LogP contribution in [0.3, 0.4) is 0 Å². The first kappa shape index (κ1) is 22.9. The molecule has 0 aromatic heterocycles. The average molecular weight is 412 g/mol. The number of carbonyl (C=O) groups is 2. The predicted octanol–water partition coefficient (Wildman–Crippen LogP) is 3.86. The summed E-state index contributed by atoms with van der Waals surface area (Å²) in [5.41, 5.74) is 0.710. The number of benzene rings is 1. The van der Waals surface area contributed by atoms with Crippen molar-refractivity contribution in [2.24, 2.45) is 0 Å². The fraction of sp³-hybridized carbons (Fsp3) is 0.357. The summed E-state index contributed by atoms with van der Waals surface area (Å²) in [5, 5.41) is 23.2. The monoisotopic (exact) mass is 411 g/mol. The van der Waals surface area contributed by atoms with Gasteiger partial charge in [0.15, 0.2) is 5.17 Å². The Morgan fingerprint density at radius 3 is 2.29 bits per heavy atom. The maximum atomic E-state index is 11.3. The zero-order chi connectivity index (χ0) is 17.6.